The highest BCUT2D eigenvalue weighted by atomic mass is 79.9. The Labute approximate surface area is 104 Å². The van der Waals surface area contributed by atoms with Gasteiger partial charge in [-0.1, -0.05) is 37.3 Å². The van der Waals surface area contributed by atoms with E-state index >= 15 is 0 Å². The maximum Gasteiger partial charge on any atom is 0.169 e. The van der Waals surface area contributed by atoms with Gasteiger partial charge in [-0.2, -0.15) is 0 Å². The highest BCUT2D eigenvalue weighted by Crippen LogP contribution is 2.25. The number of furan rings is 1. The van der Waals surface area contributed by atoms with E-state index in [0.717, 1.165) is 17.0 Å². The highest BCUT2D eigenvalue weighted by Gasteiger charge is 2.15. The normalized spacial score (nSPS) is 12.6. The minimum absolute atomic E-state index is 0.123. The van der Waals surface area contributed by atoms with Gasteiger partial charge in [0.2, 0.25) is 0 Å². The van der Waals surface area contributed by atoms with Gasteiger partial charge in [-0.05, 0) is 40.2 Å². The van der Waals surface area contributed by atoms with Crippen molar-refractivity contribution in [2.45, 2.75) is 13.0 Å². The molecule has 1 heterocycles. The molecule has 1 aromatic heterocycles. The average Bonchev–Trinajstić information content (AvgIpc) is 2.74. The first-order valence-electron chi connectivity index (χ1n) is 5.35. The lowest BCUT2D eigenvalue weighted by Gasteiger charge is -2.15. The number of rotatable bonds is 4. The average molecular weight is 280 g/mol. The van der Waals surface area contributed by atoms with Crippen molar-refractivity contribution < 1.29 is 4.42 Å². The van der Waals surface area contributed by atoms with Crippen LogP contribution in [-0.4, -0.2) is 6.54 Å². The zero-order valence-electron chi connectivity index (χ0n) is 9.11. The van der Waals surface area contributed by atoms with Gasteiger partial charge in [0, 0.05) is 0 Å². The molecule has 0 bridgehead atoms. The minimum Gasteiger partial charge on any atom is -0.452 e. The van der Waals surface area contributed by atoms with E-state index in [1.807, 2.05) is 30.3 Å². The number of hydrogen-bond donors (Lipinski definition) is 1. The second-order valence-corrected chi connectivity index (χ2v) is 4.32. The molecule has 1 N–H and O–H groups in total. The van der Waals surface area contributed by atoms with Crippen molar-refractivity contribution in [1.82, 2.24) is 5.32 Å². The van der Waals surface area contributed by atoms with Crippen LogP contribution in [0.5, 0.6) is 0 Å². The molecular formula is C13H14BrNO. The molecule has 16 heavy (non-hydrogen) atoms. The number of halogens is 1. The van der Waals surface area contributed by atoms with Gasteiger partial charge < -0.3 is 9.73 Å². The summed E-state index contributed by atoms with van der Waals surface area (Å²) in [6.45, 7) is 2.99. The van der Waals surface area contributed by atoms with Gasteiger partial charge in [0.05, 0.1) is 6.04 Å². The van der Waals surface area contributed by atoms with Crippen LogP contribution in [0.3, 0.4) is 0 Å². The molecule has 0 fully saturated rings. The molecule has 0 aliphatic heterocycles. The second-order valence-electron chi connectivity index (χ2n) is 3.54. The minimum atomic E-state index is 0.123. The Morgan fingerprint density at radius 2 is 1.94 bits per heavy atom. The lowest BCUT2D eigenvalue weighted by Crippen LogP contribution is -2.21. The van der Waals surface area contributed by atoms with Gasteiger partial charge in [-0.3, -0.25) is 0 Å². The zero-order chi connectivity index (χ0) is 11.4. The zero-order valence-corrected chi connectivity index (χ0v) is 10.7. The largest absolute Gasteiger partial charge is 0.452 e. The van der Waals surface area contributed by atoms with Crippen LogP contribution in [-0.2, 0) is 0 Å². The molecule has 1 unspecified atom stereocenters. The Balaban J connectivity index is 2.31. The number of hydrogen-bond acceptors (Lipinski definition) is 2. The number of nitrogens with one attached hydrogen (secondary N) is 1. The maximum absolute atomic E-state index is 5.61. The van der Waals surface area contributed by atoms with E-state index in [9.17, 15) is 0 Å². The van der Waals surface area contributed by atoms with Crippen LogP contribution in [0, 0.1) is 0 Å². The van der Waals surface area contributed by atoms with E-state index in [1.54, 1.807) is 0 Å². The van der Waals surface area contributed by atoms with E-state index in [-0.39, 0.29) is 6.04 Å². The van der Waals surface area contributed by atoms with Crippen molar-refractivity contribution in [1.29, 1.82) is 0 Å². The van der Waals surface area contributed by atoms with Crippen molar-refractivity contribution >= 4 is 15.9 Å². The van der Waals surface area contributed by atoms with Gasteiger partial charge in [0.25, 0.3) is 0 Å². The molecular weight excluding hydrogens is 266 g/mol. The fraction of sp³-hybridized carbons (Fsp3) is 0.231. The van der Waals surface area contributed by atoms with Crippen LogP contribution in [0.4, 0.5) is 0 Å². The molecule has 0 saturated heterocycles. The first kappa shape index (κ1) is 11.4. The second kappa shape index (κ2) is 5.32. The van der Waals surface area contributed by atoms with Crippen molar-refractivity contribution in [3.05, 3.63) is 58.5 Å². The fourth-order valence-corrected chi connectivity index (χ4v) is 2.03. The van der Waals surface area contributed by atoms with Crippen LogP contribution in [0.1, 0.15) is 24.3 Å². The van der Waals surface area contributed by atoms with Gasteiger partial charge >= 0.3 is 0 Å². The molecule has 2 aromatic rings. The SMILES string of the molecule is CCNC(c1ccccc1)c1ccc(Br)o1. The summed E-state index contributed by atoms with van der Waals surface area (Å²) in [4.78, 5) is 0. The third-order valence-electron chi connectivity index (χ3n) is 2.42. The first-order valence-corrected chi connectivity index (χ1v) is 6.14. The summed E-state index contributed by atoms with van der Waals surface area (Å²) in [7, 11) is 0. The quantitative estimate of drug-likeness (QED) is 0.922. The summed E-state index contributed by atoms with van der Waals surface area (Å²) >= 11 is 3.33. The third-order valence-corrected chi connectivity index (χ3v) is 2.85. The molecule has 0 radical (unpaired) electrons. The maximum atomic E-state index is 5.61. The summed E-state index contributed by atoms with van der Waals surface area (Å²) in [5, 5.41) is 3.41. The lowest BCUT2D eigenvalue weighted by molar-refractivity contribution is 0.437. The monoisotopic (exact) mass is 279 g/mol. The molecule has 0 aliphatic carbocycles. The summed E-state index contributed by atoms with van der Waals surface area (Å²) in [5.41, 5.74) is 1.21. The topological polar surface area (TPSA) is 25.2 Å². The molecule has 0 amide bonds. The molecule has 0 saturated carbocycles. The Bertz CT molecular complexity index is 438. The Morgan fingerprint density at radius 1 is 1.19 bits per heavy atom. The van der Waals surface area contributed by atoms with E-state index < -0.39 is 0 Å². The van der Waals surface area contributed by atoms with Crippen LogP contribution in [0.25, 0.3) is 0 Å². The van der Waals surface area contributed by atoms with Gasteiger partial charge in [-0.15, -0.1) is 0 Å². The van der Waals surface area contributed by atoms with Gasteiger partial charge in [0.15, 0.2) is 4.67 Å². The van der Waals surface area contributed by atoms with Crippen LogP contribution < -0.4 is 5.32 Å². The summed E-state index contributed by atoms with van der Waals surface area (Å²) < 4.78 is 6.37. The van der Waals surface area contributed by atoms with Crippen LogP contribution in [0.2, 0.25) is 0 Å². The van der Waals surface area contributed by atoms with E-state index in [1.165, 1.54) is 5.56 Å². The molecule has 1 aromatic carbocycles. The number of benzene rings is 1. The van der Waals surface area contributed by atoms with Crippen molar-refractivity contribution in [3.8, 4) is 0 Å². The Hall–Kier alpha value is -1.06. The molecule has 3 heteroatoms. The van der Waals surface area contributed by atoms with Crippen LogP contribution >= 0.6 is 15.9 Å². The Kier molecular flexibility index (Phi) is 3.80. The first-order chi connectivity index (χ1) is 7.81. The van der Waals surface area contributed by atoms with Crippen molar-refractivity contribution in [2.24, 2.45) is 0 Å². The summed E-state index contributed by atoms with van der Waals surface area (Å²) in [6.07, 6.45) is 0. The smallest absolute Gasteiger partial charge is 0.169 e. The molecule has 0 spiro atoms. The summed E-state index contributed by atoms with van der Waals surface area (Å²) in [5.74, 6) is 0.930. The fourth-order valence-electron chi connectivity index (χ4n) is 1.72. The standard InChI is InChI=1S/C13H14BrNO/c1-2-15-13(10-6-4-3-5-7-10)11-8-9-12(14)16-11/h3-9,13,15H,2H2,1H3. The molecule has 1 atom stereocenters. The van der Waals surface area contributed by atoms with Crippen molar-refractivity contribution in [3.63, 3.8) is 0 Å². The Morgan fingerprint density at radius 3 is 2.50 bits per heavy atom. The van der Waals surface area contributed by atoms with E-state index in [4.69, 9.17) is 4.42 Å². The predicted molar refractivity (Wildman–Crippen MR) is 68.4 cm³/mol. The molecule has 0 aliphatic rings. The van der Waals surface area contributed by atoms with Crippen molar-refractivity contribution in [2.75, 3.05) is 6.54 Å². The predicted octanol–water partition coefficient (Wildman–Crippen LogP) is 3.74. The highest BCUT2D eigenvalue weighted by molar-refractivity contribution is 9.10. The van der Waals surface area contributed by atoms with E-state index in [0.29, 0.717) is 0 Å². The summed E-state index contributed by atoms with van der Waals surface area (Å²) in [6, 6.07) is 14.3. The van der Waals surface area contributed by atoms with Crippen LogP contribution in [0.15, 0.2) is 51.6 Å². The van der Waals surface area contributed by atoms with Gasteiger partial charge in [-0.25, -0.2) is 0 Å². The van der Waals surface area contributed by atoms with E-state index in [2.05, 4.69) is 40.3 Å². The molecule has 84 valence electrons. The molecule has 2 rings (SSSR count). The molecule has 2 nitrogen and oxygen atoms in total. The van der Waals surface area contributed by atoms with Gasteiger partial charge in [0.1, 0.15) is 5.76 Å². The lowest BCUT2D eigenvalue weighted by atomic mass is 10.0. The third kappa shape index (κ3) is 2.54.